The number of H-pyrrole nitrogens is 1. The van der Waals surface area contributed by atoms with Crippen molar-refractivity contribution >= 4 is 28.5 Å². The van der Waals surface area contributed by atoms with Gasteiger partial charge in [0.15, 0.2) is 0 Å². The molecule has 0 bridgehead atoms. The zero-order valence-corrected chi connectivity index (χ0v) is 17.9. The van der Waals surface area contributed by atoms with Crippen LogP contribution in [0.1, 0.15) is 29.7 Å². The smallest absolute Gasteiger partial charge is 0.319 e. The minimum atomic E-state index is -0.551. The van der Waals surface area contributed by atoms with E-state index in [4.69, 9.17) is 0 Å². The van der Waals surface area contributed by atoms with Gasteiger partial charge in [-0.3, -0.25) is 9.89 Å². The first-order valence-corrected chi connectivity index (χ1v) is 10.8. The summed E-state index contributed by atoms with van der Waals surface area (Å²) in [5.41, 5.74) is 8.39. The van der Waals surface area contributed by atoms with Gasteiger partial charge in [-0.2, -0.15) is 5.10 Å². The van der Waals surface area contributed by atoms with Crippen molar-refractivity contribution in [2.45, 2.75) is 19.4 Å². The fourth-order valence-corrected chi connectivity index (χ4v) is 4.81. The monoisotopic (exact) mass is 435 g/mol. The highest BCUT2D eigenvalue weighted by molar-refractivity contribution is 6.07. The van der Waals surface area contributed by atoms with Crippen molar-refractivity contribution in [1.29, 1.82) is 0 Å². The van der Waals surface area contributed by atoms with Gasteiger partial charge in [-0.1, -0.05) is 42.5 Å². The molecule has 3 aromatic carbocycles. The maximum Gasteiger partial charge on any atom is 0.319 e. The molecule has 0 fully saturated rings. The largest absolute Gasteiger partial charge is 0.327 e. The summed E-state index contributed by atoms with van der Waals surface area (Å²) in [5.74, 6) is -0.267. The molecule has 0 saturated carbocycles. The van der Waals surface area contributed by atoms with E-state index < -0.39 is 6.04 Å². The molecule has 2 aliphatic rings. The number of benzene rings is 3. The first-order valence-electron chi connectivity index (χ1n) is 10.8. The van der Waals surface area contributed by atoms with E-state index in [1.807, 2.05) is 36.4 Å². The quantitative estimate of drug-likeness (QED) is 0.338. The maximum atomic E-state index is 13.4. The summed E-state index contributed by atoms with van der Waals surface area (Å²) < 4.78 is 0. The lowest BCUT2D eigenvalue weighted by atomic mass is 9.92. The molecule has 2 heterocycles. The molecule has 0 saturated heterocycles. The predicted molar refractivity (Wildman–Crippen MR) is 127 cm³/mol. The predicted octanol–water partition coefficient (Wildman–Crippen LogP) is 4.40. The van der Waals surface area contributed by atoms with Crippen LogP contribution in [0.3, 0.4) is 0 Å². The number of nitrogens with zero attached hydrogens (tertiary/aromatic N) is 1. The summed E-state index contributed by atoms with van der Waals surface area (Å²) >= 11 is 0. The number of carbonyl (C=O) groups is 2. The SMILES string of the molecule is CC1=C(C(=O)Nc2ccc3[nH]ncc3c2)C(c2ccc3c(c2)Cc2ccccc2-3)NC(=O)N1. The van der Waals surface area contributed by atoms with Gasteiger partial charge >= 0.3 is 6.03 Å². The number of allylic oxidation sites excluding steroid dienone is 1. The molecule has 4 N–H and O–H groups in total. The summed E-state index contributed by atoms with van der Waals surface area (Å²) in [5, 5.41) is 16.5. The standard InChI is InChI=1S/C26H21N5O2/c1-14-23(25(32)29-19-7-9-22-18(12-19)13-27-31-22)24(30-26(33)28-14)16-6-8-21-17(11-16)10-15-4-2-3-5-20(15)21/h2-9,11-13,24H,10H2,1H3,(H,27,31)(H,29,32)(H2,28,30,33). The van der Waals surface area contributed by atoms with Crippen molar-refractivity contribution in [2.75, 3.05) is 5.32 Å². The van der Waals surface area contributed by atoms with E-state index in [0.29, 0.717) is 17.0 Å². The van der Waals surface area contributed by atoms with Gasteiger partial charge in [0, 0.05) is 16.8 Å². The summed E-state index contributed by atoms with van der Waals surface area (Å²) in [6.07, 6.45) is 2.55. The van der Waals surface area contributed by atoms with E-state index >= 15 is 0 Å². The number of amides is 3. The van der Waals surface area contributed by atoms with Crippen LogP contribution in [0.4, 0.5) is 10.5 Å². The lowest BCUT2D eigenvalue weighted by Gasteiger charge is -2.29. The molecule has 6 rings (SSSR count). The first kappa shape index (κ1) is 19.3. The fourth-order valence-electron chi connectivity index (χ4n) is 4.81. The molecule has 0 radical (unpaired) electrons. The second kappa shape index (κ2) is 7.34. The number of hydrogen-bond donors (Lipinski definition) is 4. The number of aromatic amines is 1. The molecule has 1 aliphatic heterocycles. The van der Waals surface area contributed by atoms with Crippen LogP contribution < -0.4 is 16.0 Å². The minimum Gasteiger partial charge on any atom is -0.327 e. The third kappa shape index (κ3) is 3.25. The molecule has 0 spiro atoms. The molecule has 1 aliphatic carbocycles. The highest BCUT2D eigenvalue weighted by Crippen LogP contribution is 2.39. The lowest BCUT2D eigenvalue weighted by molar-refractivity contribution is -0.113. The fraction of sp³-hybridized carbons (Fsp3) is 0.115. The number of nitrogens with one attached hydrogen (secondary N) is 4. The number of anilines is 1. The van der Waals surface area contributed by atoms with Crippen LogP contribution >= 0.6 is 0 Å². The third-order valence-electron chi connectivity index (χ3n) is 6.36. The van der Waals surface area contributed by atoms with Crippen molar-refractivity contribution < 1.29 is 9.59 Å². The minimum absolute atomic E-state index is 0.267. The Balaban J connectivity index is 1.34. The number of hydrogen-bond acceptors (Lipinski definition) is 3. The van der Waals surface area contributed by atoms with Gasteiger partial charge in [0.25, 0.3) is 5.91 Å². The molecule has 7 heteroatoms. The van der Waals surface area contributed by atoms with Crippen molar-refractivity contribution in [3.63, 3.8) is 0 Å². The molecular formula is C26H21N5O2. The number of fused-ring (bicyclic) bond motifs is 4. The average molecular weight is 435 g/mol. The van der Waals surface area contributed by atoms with Crippen LogP contribution in [0.25, 0.3) is 22.0 Å². The molecule has 3 amide bonds. The van der Waals surface area contributed by atoms with E-state index in [0.717, 1.165) is 22.9 Å². The van der Waals surface area contributed by atoms with Crippen molar-refractivity contribution in [3.05, 3.63) is 94.8 Å². The molecule has 1 unspecified atom stereocenters. The van der Waals surface area contributed by atoms with Gasteiger partial charge in [-0.25, -0.2) is 4.79 Å². The van der Waals surface area contributed by atoms with Gasteiger partial charge in [0.2, 0.25) is 0 Å². The lowest BCUT2D eigenvalue weighted by Crippen LogP contribution is -2.46. The second-order valence-electron chi connectivity index (χ2n) is 8.45. The highest BCUT2D eigenvalue weighted by atomic mass is 16.2. The van der Waals surface area contributed by atoms with Gasteiger partial charge < -0.3 is 16.0 Å². The third-order valence-corrected chi connectivity index (χ3v) is 6.36. The second-order valence-corrected chi connectivity index (χ2v) is 8.45. The summed E-state index contributed by atoms with van der Waals surface area (Å²) in [6.45, 7) is 1.75. The van der Waals surface area contributed by atoms with Crippen LogP contribution in [0.2, 0.25) is 0 Å². The molecule has 7 nitrogen and oxygen atoms in total. The topological polar surface area (TPSA) is 98.9 Å². The molecule has 162 valence electrons. The normalized spacial score (nSPS) is 16.8. The molecule has 1 aromatic heterocycles. The van der Waals surface area contributed by atoms with Gasteiger partial charge in [0.1, 0.15) is 0 Å². The van der Waals surface area contributed by atoms with Crippen LogP contribution in [-0.4, -0.2) is 22.1 Å². The number of urea groups is 1. The zero-order chi connectivity index (χ0) is 22.5. The summed E-state index contributed by atoms with van der Waals surface area (Å²) in [6, 6.07) is 19.2. The Morgan fingerprint density at radius 3 is 2.79 bits per heavy atom. The van der Waals surface area contributed by atoms with Crippen molar-refractivity contribution in [2.24, 2.45) is 0 Å². The Kier molecular flexibility index (Phi) is 4.29. The summed E-state index contributed by atoms with van der Waals surface area (Å²) in [7, 11) is 0. The van der Waals surface area contributed by atoms with Gasteiger partial charge in [-0.15, -0.1) is 0 Å². The van der Waals surface area contributed by atoms with Gasteiger partial charge in [0.05, 0.1) is 23.3 Å². The van der Waals surface area contributed by atoms with Crippen molar-refractivity contribution in [1.82, 2.24) is 20.8 Å². The number of aromatic nitrogens is 2. The Bertz CT molecular complexity index is 1480. The first-order chi connectivity index (χ1) is 16.1. The van der Waals surface area contributed by atoms with E-state index in [2.05, 4.69) is 50.4 Å². The van der Waals surface area contributed by atoms with Crippen LogP contribution in [0.5, 0.6) is 0 Å². The Hall–Kier alpha value is -4.39. The summed E-state index contributed by atoms with van der Waals surface area (Å²) in [4.78, 5) is 25.7. The van der Waals surface area contributed by atoms with E-state index in [-0.39, 0.29) is 11.9 Å². The Labute approximate surface area is 189 Å². The molecule has 33 heavy (non-hydrogen) atoms. The average Bonchev–Trinajstić information content (AvgIpc) is 3.41. The van der Waals surface area contributed by atoms with E-state index in [1.54, 1.807) is 13.1 Å². The highest BCUT2D eigenvalue weighted by Gasteiger charge is 2.32. The van der Waals surface area contributed by atoms with E-state index in [9.17, 15) is 9.59 Å². The number of carbonyl (C=O) groups excluding carboxylic acids is 2. The van der Waals surface area contributed by atoms with E-state index in [1.165, 1.54) is 22.3 Å². The van der Waals surface area contributed by atoms with Crippen LogP contribution in [0.15, 0.2) is 78.1 Å². The van der Waals surface area contributed by atoms with Gasteiger partial charge in [-0.05, 0) is 59.4 Å². The molecular weight excluding hydrogens is 414 g/mol. The molecule has 4 aromatic rings. The maximum absolute atomic E-state index is 13.4. The number of rotatable bonds is 3. The van der Waals surface area contributed by atoms with Crippen LogP contribution in [0, 0.1) is 0 Å². The van der Waals surface area contributed by atoms with Crippen molar-refractivity contribution in [3.8, 4) is 11.1 Å². The van der Waals surface area contributed by atoms with Crippen LogP contribution in [-0.2, 0) is 11.2 Å². The molecule has 1 atom stereocenters. The zero-order valence-electron chi connectivity index (χ0n) is 17.9. The Morgan fingerprint density at radius 1 is 1.03 bits per heavy atom. The Morgan fingerprint density at radius 2 is 1.88 bits per heavy atom.